The van der Waals surface area contributed by atoms with Gasteiger partial charge in [-0.2, -0.15) is 18.2 Å². The van der Waals surface area contributed by atoms with Crippen LogP contribution in [-0.2, 0) is 12.7 Å². The number of unbranched alkanes of at least 4 members (excludes halogenated alkanes) is 1. The minimum absolute atomic E-state index is 0.0957. The van der Waals surface area contributed by atoms with Crippen LogP contribution in [0.25, 0.3) is 17.2 Å². The van der Waals surface area contributed by atoms with Crippen LogP contribution < -0.4 is 0 Å². The molecule has 174 valence electrons. The number of hydrogen-bond acceptors (Lipinski definition) is 5. The minimum atomic E-state index is -4.57. The third-order valence-corrected chi connectivity index (χ3v) is 5.75. The van der Waals surface area contributed by atoms with Crippen LogP contribution in [0.4, 0.5) is 13.2 Å². The maximum absolute atomic E-state index is 13.7. The quantitative estimate of drug-likeness (QED) is 0.461. The first-order valence-electron chi connectivity index (χ1n) is 10.4. The number of quaternary nitrogens is 1. The van der Waals surface area contributed by atoms with Crippen molar-refractivity contribution in [3.05, 3.63) is 59.6 Å². The number of tetrazole rings is 1. The molecule has 0 fully saturated rings. The molecule has 1 aliphatic rings. The van der Waals surface area contributed by atoms with Crippen molar-refractivity contribution >= 4 is 17.6 Å². The third-order valence-electron chi connectivity index (χ3n) is 5.34. The average molecular weight is 481 g/mol. The lowest BCUT2D eigenvalue weighted by Crippen LogP contribution is -2.36. The first kappa shape index (κ1) is 23.1. The lowest BCUT2D eigenvalue weighted by atomic mass is 10.1. The van der Waals surface area contributed by atoms with Crippen LogP contribution >= 0.6 is 11.8 Å². The number of alkyl halides is 3. The number of H-pyrrole nitrogens is 1. The molecule has 0 saturated carbocycles. The number of aliphatic hydroxyl groups excluding tert-OH is 1. The van der Waals surface area contributed by atoms with Gasteiger partial charge in [-0.15, -0.1) is 9.10 Å². The summed E-state index contributed by atoms with van der Waals surface area (Å²) in [7, 11) is 0. The molecule has 0 spiro atoms. The highest BCUT2D eigenvalue weighted by molar-refractivity contribution is 6.14. The number of hydrogen-bond donors (Lipinski definition) is 2. The zero-order chi connectivity index (χ0) is 23.6. The molecule has 0 bridgehead atoms. The van der Waals surface area contributed by atoms with Gasteiger partial charge in [0, 0.05) is 17.7 Å². The number of aliphatic imine (C=N–C) groups is 1. The molecule has 33 heavy (non-hydrogen) atoms. The monoisotopic (exact) mass is 480 g/mol. The van der Waals surface area contributed by atoms with E-state index >= 15 is 0 Å². The van der Waals surface area contributed by atoms with E-state index in [2.05, 4.69) is 32.5 Å². The van der Waals surface area contributed by atoms with Gasteiger partial charge >= 0.3 is 6.18 Å². The van der Waals surface area contributed by atoms with Crippen LogP contribution in [0.2, 0.25) is 0 Å². The van der Waals surface area contributed by atoms with E-state index in [-0.39, 0.29) is 22.1 Å². The fourth-order valence-corrected chi connectivity index (χ4v) is 4.16. The Morgan fingerprint density at radius 2 is 1.91 bits per heavy atom. The molecular weight excluding hydrogens is 459 g/mol. The highest BCUT2D eigenvalue weighted by Crippen LogP contribution is 2.36. The number of aromatic amines is 1. The van der Waals surface area contributed by atoms with E-state index in [1.54, 1.807) is 30.5 Å². The lowest BCUT2D eigenvalue weighted by molar-refractivity contribution is -0.674. The fourth-order valence-electron chi connectivity index (χ4n) is 3.78. The number of halogens is 4. The SMILES string of the molecule is CCCCC1=NC(CO)=C[N+]1(Cl)Cc1ccc(-n2c(-c3nnn[nH]3)ccc2C(F)(F)F)cc1. The van der Waals surface area contributed by atoms with E-state index in [1.807, 2.05) is 0 Å². The van der Waals surface area contributed by atoms with Crippen LogP contribution in [0.1, 0.15) is 37.4 Å². The zero-order valence-electron chi connectivity index (χ0n) is 17.7. The van der Waals surface area contributed by atoms with Crippen molar-refractivity contribution in [1.82, 2.24) is 25.2 Å². The second kappa shape index (κ2) is 9.08. The van der Waals surface area contributed by atoms with Crippen molar-refractivity contribution < 1.29 is 22.3 Å². The summed E-state index contributed by atoms with van der Waals surface area (Å²) in [5.74, 6) is 0.854. The number of nitrogens with zero attached hydrogens (tertiary/aromatic N) is 6. The minimum Gasteiger partial charge on any atom is -0.390 e. The fraction of sp³-hybridized carbons (Fsp3) is 0.333. The maximum atomic E-state index is 13.7. The van der Waals surface area contributed by atoms with Crippen LogP contribution in [0.3, 0.4) is 0 Å². The van der Waals surface area contributed by atoms with Gasteiger partial charge in [0.15, 0.2) is 17.6 Å². The summed E-state index contributed by atoms with van der Waals surface area (Å²) in [5.41, 5.74) is 0.949. The Hall–Kier alpha value is -3.02. The predicted molar refractivity (Wildman–Crippen MR) is 116 cm³/mol. The topological polar surface area (TPSA) is 92.0 Å². The summed E-state index contributed by atoms with van der Waals surface area (Å²) in [4.78, 5) is 4.45. The predicted octanol–water partition coefficient (Wildman–Crippen LogP) is 4.58. The Balaban J connectivity index is 1.65. The van der Waals surface area contributed by atoms with Gasteiger partial charge in [-0.25, -0.2) is 5.10 Å². The smallest absolute Gasteiger partial charge is 0.390 e. The molecule has 1 unspecified atom stereocenters. The summed E-state index contributed by atoms with van der Waals surface area (Å²) >= 11 is 6.84. The van der Waals surface area contributed by atoms with Gasteiger partial charge in [-0.1, -0.05) is 25.5 Å². The second-order valence-electron chi connectivity index (χ2n) is 7.69. The Kier molecular flexibility index (Phi) is 6.37. The number of amidine groups is 1. The highest BCUT2D eigenvalue weighted by atomic mass is 35.5. The molecule has 1 aliphatic heterocycles. The summed E-state index contributed by atoms with van der Waals surface area (Å²) in [6, 6.07) is 8.95. The molecule has 1 aromatic carbocycles. The third kappa shape index (κ3) is 4.70. The number of rotatable bonds is 8. The van der Waals surface area contributed by atoms with Gasteiger partial charge in [0.2, 0.25) is 5.84 Å². The largest absolute Gasteiger partial charge is 0.431 e. The van der Waals surface area contributed by atoms with Crippen molar-refractivity contribution in [2.24, 2.45) is 4.99 Å². The molecule has 4 rings (SSSR count). The highest BCUT2D eigenvalue weighted by Gasteiger charge is 2.38. The zero-order valence-corrected chi connectivity index (χ0v) is 18.5. The van der Waals surface area contributed by atoms with Gasteiger partial charge < -0.3 is 9.67 Å². The molecule has 2 aromatic heterocycles. The van der Waals surface area contributed by atoms with Crippen molar-refractivity contribution in [2.75, 3.05) is 6.61 Å². The van der Waals surface area contributed by atoms with Crippen LogP contribution in [-0.4, -0.2) is 46.7 Å². The second-order valence-corrected chi connectivity index (χ2v) is 8.30. The Morgan fingerprint density at radius 3 is 2.52 bits per heavy atom. The summed E-state index contributed by atoms with van der Waals surface area (Å²) < 4.78 is 41.9. The average Bonchev–Trinajstić information content (AvgIpc) is 3.51. The Labute approximate surface area is 192 Å². The van der Waals surface area contributed by atoms with Crippen molar-refractivity contribution in [3.8, 4) is 17.2 Å². The van der Waals surface area contributed by atoms with Gasteiger partial charge in [0.1, 0.15) is 24.1 Å². The molecule has 2 N–H and O–H groups in total. The van der Waals surface area contributed by atoms with E-state index in [1.165, 1.54) is 6.07 Å². The number of benzene rings is 1. The first-order chi connectivity index (χ1) is 15.7. The summed E-state index contributed by atoms with van der Waals surface area (Å²) in [6.45, 7) is 2.19. The molecule has 0 radical (unpaired) electrons. The van der Waals surface area contributed by atoms with Gasteiger partial charge in [0.25, 0.3) is 0 Å². The molecular formula is C21H22ClF3N7O+. The van der Waals surface area contributed by atoms with E-state index < -0.39 is 11.9 Å². The maximum Gasteiger partial charge on any atom is 0.431 e. The van der Waals surface area contributed by atoms with Crippen LogP contribution in [0.5, 0.6) is 0 Å². The van der Waals surface area contributed by atoms with Crippen molar-refractivity contribution in [3.63, 3.8) is 0 Å². The van der Waals surface area contributed by atoms with E-state index in [0.717, 1.165) is 34.9 Å². The van der Waals surface area contributed by atoms with Crippen molar-refractivity contribution in [1.29, 1.82) is 0 Å². The molecule has 0 amide bonds. The molecule has 0 saturated heterocycles. The van der Waals surface area contributed by atoms with Crippen LogP contribution in [0, 0.1) is 0 Å². The first-order valence-corrected chi connectivity index (χ1v) is 10.7. The molecule has 1 atom stereocenters. The van der Waals surface area contributed by atoms with E-state index in [0.29, 0.717) is 24.4 Å². The standard InChI is InChI=1S/C21H22ClF3N7O/c1-2-3-4-19-26-15(13-33)12-32(19,22)11-14-5-7-16(8-6-14)31-17(20-27-29-30-28-20)9-10-18(31)21(23,24)25/h5-10,12,33H,2-4,11,13H2,1H3,(H,27,28,29,30)/q+1. The van der Waals surface area contributed by atoms with Crippen molar-refractivity contribution in [2.45, 2.75) is 38.9 Å². The van der Waals surface area contributed by atoms with E-state index in [9.17, 15) is 18.3 Å². The molecule has 3 aromatic rings. The number of aromatic nitrogens is 5. The van der Waals surface area contributed by atoms with Crippen LogP contribution in [0.15, 0.2) is 53.3 Å². The summed E-state index contributed by atoms with van der Waals surface area (Å²) in [5, 5.41) is 22.7. The van der Waals surface area contributed by atoms with Gasteiger partial charge in [-0.05, 0) is 41.1 Å². The Bertz CT molecular complexity index is 1170. The lowest BCUT2D eigenvalue weighted by Gasteiger charge is -2.22. The van der Waals surface area contributed by atoms with Gasteiger partial charge in [-0.3, -0.25) is 0 Å². The molecule has 8 nitrogen and oxygen atoms in total. The normalized spacial score (nSPS) is 18.5. The Morgan fingerprint density at radius 1 is 1.15 bits per heavy atom. The number of nitrogens with one attached hydrogen (secondary N) is 1. The number of aliphatic hydroxyl groups is 1. The molecule has 0 aliphatic carbocycles. The summed E-state index contributed by atoms with van der Waals surface area (Å²) in [6.07, 6.45) is -0.305. The molecule has 12 heteroatoms. The van der Waals surface area contributed by atoms with E-state index in [4.69, 9.17) is 11.8 Å². The molecule has 3 heterocycles. The van der Waals surface area contributed by atoms with Gasteiger partial charge in [0.05, 0.1) is 12.3 Å².